The number of hydrogen-bond donors (Lipinski definition) is 1. The predicted octanol–water partition coefficient (Wildman–Crippen LogP) is 3.39. The van der Waals surface area contributed by atoms with Crippen LogP contribution < -0.4 is 5.32 Å². The van der Waals surface area contributed by atoms with Crippen LogP contribution in [0.4, 0.5) is 0 Å². The SMILES string of the molecule is CCCCC(=O)NCCCn1ncc2c(Cl)cccc21. The molecule has 0 bridgehead atoms. The van der Waals surface area contributed by atoms with E-state index in [-0.39, 0.29) is 5.91 Å². The van der Waals surface area contributed by atoms with E-state index in [0.717, 1.165) is 41.7 Å². The van der Waals surface area contributed by atoms with Crippen LogP contribution in [0.15, 0.2) is 24.4 Å². The lowest BCUT2D eigenvalue weighted by Gasteiger charge is -2.06. The molecule has 0 aliphatic carbocycles. The lowest BCUT2D eigenvalue weighted by Crippen LogP contribution is -2.24. The molecule has 0 saturated heterocycles. The number of aromatic nitrogens is 2. The van der Waals surface area contributed by atoms with Gasteiger partial charge in [-0.1, -0.05) is 31.0 Å². The summed E-state index contributed by atoms with van der Waals surface area (Å²) in [5.74, 6) is 0.139. The first-order valence-electron chi connectivity index (χ1n) is 7.09. The summed E-state index contributed by atoms with van der Waals surface area (Å²) in [4.78, 5) is 11.5. The van der Waals surface area contributed by atoms with Gasteiger partial charge in [-0.25, -0.2) is 0 Å². The molecular weight excluding hydrogens is 274 g/mol. The van der Waals surface area contributed by atoms with E-state index in [4.69, 9.17) is 11.6 Å². The van der Waals surface area contributed by atoms with Crippen molar-refractivity contribution in [3.05, 3.63) is 29.4 Å². The lowest BCUT2D eigenvalue weighted by molar-refractivity contribution is -0.121. The van der Waals surface area contributed by atoms with Gasteiger partial charge >= 0.3 is 0 Å². The zero-order chi connectivity index (χ0) is 14.4. The standard InChI is InChI=1S/C15H20ClN3O/c1-2-3-8-15(20)17-9-5-10-19-14-7-4-6-13(16)12(14)11-18-19/h4,6-7,11H,2-3,5,8-10H2,1H3,(H,17,20). The van der Waals surface area contributed by atoms with Crippen LogP contribution in [0.5, 0.6) is 0 Å². The minimum absolute atomic E-state index is 0.139. The average molecular weight is 294 g/mol. The van der Waals surface area contributed by atoms with Gasteiger partial charge in [0, 0.05) is 24.9 Å². The molecule has 0 unspecified atom stereocenters. The quantitative estimate of drug-likeness (QED) is 0.796. The molecule has 108 valence electrons. The number of nitrogens with one attached hydrogen (secondary N) is 1. The van der Waals surface area contributed by atoms with E-state index < -0.39 is 0 Å². The molecule has 4 nitrogen and oxygen atoms in total. The van der Waals surface area contributed by atoms with Gasteiger partial charge in [-0.05, 0) is 25.0 Å². The van der Waals surface area contributed by atoms with Crippen molar-refractivity contribution in [1.82, 2.24) is 15.1 Å². The summed E-state index contributed by atoms with van der Waals surface area (Å²) in [6.45, 7) is 3.55. The van der Waals surface area contributed by atoms with Gasteiger partial charge in [0.25, 0.3) is 0 Å². The van der Waals surface area contributed by atoms with Crippen LogP contribution in [0.2, 0.25) is 5.02 Å². The number of fused-ring (bicyclic) bond motifs is 1. The first kappa shape index (κ1) is 14.9. The highest BCUT2D eigenvalue weighted by molar-refractivity contribution is 6.35. The Morgan fingerprint density at radius 2 is 2.25 bits per heavy atom. The summed E-state index contributed by atoms with van der Waals surface area (Å²) in [6.07, 6.45) is 5.27. The molecule has 0 aliphatic heterocycles. The van der Waals surface area contributed by atoms with Crippen LogP contribution in [-0.2, 0) is 11.3 Å². The minimum atomic E-state index is 0.139. The summed E-state index contributed by atoms with van der Waals surface area (Å²) in [6, 6.07) is 5.80. The maximum atomic E-state index is 11.5. The van der Waals surface area contributed by atoms with E-state index in [0.29, 0.717) is 13.0 Å². The van der Waals surface area contributed by atoms with Crippen LogP contribution in [0.1, 0.15) is 32.6 Å². The summed E-state index contributed by atoms with van der Waals surface area (Å²) in [5.41, 5.74) is 1.04. The Balaban J connectivity index is 1.82. The smallest absolute Gasteiger partial charge is 0.219 e. The van der Waals surface area contributed by atoms with E-state index in [1.54, 1.807) is 6.20 Å². The second-order valence-electron chi connectivity index (χ2n) is 4.85. The second kappa shape index (κ2) is 7.29. The molecule has 2 aromatic rings. The van der Waals surface area contributed by atoms with Gasteiger partial charge < -0.3 is 5.32 Å². The highest BCUT2D eigenvalue weighted by Crippen LogP contribution is 2.22. The maximum Gasteiger partial charge on any atom is 0.219 e. The van der Waals surface area contributed by atoms with Gasteiger partial charge in [0.1, 0.15) is 0 Å². The normalized spacial score (nSPS) is 10.9. The fraction of sp³-hybridized carbons (Fsp3) is 0.467. The Labute approximate surface area is 124 Å². The highest BCUT2D eigenvalue weighted by Gasteiger charge is 2.05. The Kier molecular flexibility index (Phi) is 5.41. The Hall–Kier alpha value is -1.55. The Morgan fingerprint density at radius 1 is 1.40 bits per heavy atom. The van der Waals surface area contributed by atoms with Gasteiger partial charge in [0.15, 0.2) is 0 Å². The fourth-order valence-electron chi connectivity index (χ4n) is 2.13. The zero-order valence-corrected chi connectivity index (χ0v) is 12.5. The Morgan fingerprint density at radius 3 is 3.05 bits per heavy atom. The molecule has 1 aromatic carbocycles. The van der Waals surface area contributed by atoms with Crippen LogP contribution in [0.3, 0.4) is 0 Å². The fourth-order valence-corrected chi connectivity index (χ4v) is 2.35. The average Bonchev–Trinajstić information content (AvgIpc) is 2.86. The van der Waals surface area contributed by atoms with E-state index >= 15 is 0 Å². The van der Waals surface area contributed by atoms with Crippen molar-refractivity contribution in [2.75, 3.05) is 6.54 Å². The van der Waals surface area contributed by atoms with Crippen LogP contribution in [0.25, 0.3) is 10.9 Å². The zero-order valence-electron chi connectivity index (χ0n) is 11.7. The van der Waals surface area contributed by atoms with Crippen molar-refractivity contribution < 1.29 is 4.79 Å². The number of hydrogen-bond acceptors (Lipinski definition) is 2. The minimum Gasteiger partial charge on any atom is -0.356 e. The van der Waals surface area contributed by atoms with Gasteiger partial charge in [-0.3, -0.25) is 9.48 Å². The van der Waals surface area contributed by atoms with Gasteiger partial charge in [0.2, 0.25) is 5.91 Å². The van der Waals surface area contributed by atoms with Gasteiger partial charge in [-0.15, -0.1) is 0 Å². The molecular formula is C15H20ClN3O. The maximum absolute atomic E-state index is 11.5. The Bertz CT molecular complexity index is 580. The molecule has 0 saturated carbocycles. The largest absolute Gasteiger partial charge is 0.356 e. The van der Waals surface area contributed by atoms with Crippen LogP contribution in [0, 0.1) is 0 Å². The third kappa shape index (κ3) is 3.73. The molecule has 1 heterocycles. The van der Waals surface area contributed by atoms with E-state index in [1.807, 2.05) is 22.9 Å². The number of aryl methyl sites for hydroxylation is 1. The number of carbonyl (C=O) groups excluding carboxylic acids is 1. The van der Waals surface area contributed by atoms with Crippen molar-refractivity contribution in [2.24, 2.45) is 0 Å². The van der Waals surface area contributed by atoms with Crippen molar-refractivity contribution in [3.8, 4) is 0 Å². The molecule has 5 heteroatoms. The number of benzene rings is 1. The van der Waals surface area contributed by atoms with Crippen molar-refractivity contribution in [1.29, 1.82) is 0 Å². The van der Waals surface area contributed by atoms with Crippen molar-refractivity contribution in [3.63, 3.8) is 0 Å². The second-order valence-corrected chi connectivity index (χ2v) is 5.25. The summed E-state index contributed by atoms with van der Waals surface area (Å²) in [7, 11) is 0. The van der Waals surface area contributed by atoms with Gasteiger partial charge in [0.05, 0.1) is 16.7 Å². The molecule has 0 aliphatic rings. The number of rotatable bonds is 7. The first-order chi connectivity index (χ1) is 9.72. The third-order valence-corrected chi connectivity index (χ3v) is 3.59. The monoisotopic (exact) mass is 293 g/mol. The molecule has 0 radical (unpaired) electrons. The number of amides is 1. The van der Waals surface area contributed by atoms with E-state index in [9.17, 15) is 4.79 Å². The molecule has 20 heavy (non-hydrogen) atoms. The predicted molar refractivity (Wildman–Crippen MR) is 81.9 cm³/mol. The van der Waals surface area contributed by atoms with Crippen LogP contribution in [-0.4, -0.2) is 22.2 Å². The topological polar surface area (TPSA) is 46.9 Å². The third-order valence-electron chi connectivity index (χ3n) is 3.26. The molecule has 1 aromatic heterocycles. The summed E-state index contributed by atoms with van der Waals surface area (Å²) >= 11 is 6.11. The number of carbonyl (C=O) groups is 1. The number of halogens is 1. The van der Waals surface area contributed by atoms with E-state index in [1.165, 1.54) is 0 Å². The molecule has 0 atom stereocenters. The highest BCUT2D eigenvalue weighted by atomic mass is 35.5. The molecule has 1 N–H and O–H groups in total. The molecule has 0 fully saturated rings. The summed E-state index contributed by atoms with van der Waals surface area (Å²) in [5, 5.41) is 8.97. The van der Waals surface area contributed by atoms with Gasteiger partial charge in [-0.2, -0.15) is 5.10 Å². The number of unbranched alkanes of at least 4 members (excludes halogenated alkanes) is 1. The lowest BCUT2D eigenvalue weighted by atomic mass is 10.2. The molecule has 1 amide bonds. The molecule has 0 spiro atoms. The summed E-state index contributed by atoms with van der Waals surface area (Å²) < 4.78 is 1.93. The molecule has 2 rings (SSSR count). The van der Waals surface area contributed by atoms with Crippen LogP contribution >= 0.6 is 11.6 Å². The van der Waals surface area contributed by atoms with Crippen molar-refractivity contribution in [2.45, 2.75) is 39.2 Å². The number of nitrogens with zero attached hydrogens (tertiary/aromatic N) is 2. The van der Waals surface area contributed by atoms with E-state index in [2.05, 4.69) is 17.3 Å². The first-order valence-corrected chi connectivity index (χ1v) is 7.47. The van der Waals surface area contributed by atoms with Crippen molar-refractivity contribution >= 4 is 28.4 Å².